The number of aromatic nitrogens is 4. The van der Waals surface area contributed by atoms with Gasteiger partial charge in [-0.25, -0.2) is 14.8 Å². The molecule has 118 valence electrons. The Labute approximate surface area is 127 Å². The first kappa shape index (κ1) is 14.9. The van der Waals surface area contributed by atoms with Gasteiger partial charge in [-0.2, -0.15) is 18.2 Å². The largest absolute Gasteiger partial charge is 0.416 e. The lowest BCUT2D eigenvalue weighted by molar-refractivity contribution is -0.137. The molecule has 0 spiro atoms. The SMILES string of the molecule is CNc1nc(=O)n(-c2cncnc2)c2cc(C(F)(F)F)ccc12. The minimum absolute atomic E-state index is 0.0685. The summed E-state index contributed by atoms with van der Waals surface area (Å²) in [6, 6.07) is 3.13. The van der Waals surface area contributed by atoms with Crippen molar-refractivity contribution in [3.05, 3.63) is 53.0 Å². The average molecular weight is 321 g/mol. The van der Waals surface area contributed by atoms with Crippen molar-refractivity contribution in [2.45, 2.75) is 6.18 Å². The van der Waals surface area contributed by atoms with Crippen LogP contribution in [0.2, 0.25) is 0 Å². The van der Waals surface area contributed by atoms with Crippen LogP contribution in [0.5, 0.6) is 0 Å². The van der Waals surface area contributed by atoms with Gasteiger partial charge in [0.2, 0.25) is 0 Å². The number of nitrogens with zero attached hydrogens (tertiary/aromatic N) is 4. The Morgan fingerprint density at radius 2 is 1.87 bits per heavy atom. The van der Waals surface area contributed by atoms with Crippen LogP contribution in [-0.4, -0.2) is 26.6 Å². The molecule has 0 bridgehead atoms. The molecule has 3 rings (SSSR count). The molecule has 0 aliphatic heterocycles. The molecule has 2 aromatic heterocycles. The monoisotopic (exact) mass is 321 g/mol. The van der Waals surface area contributed by atoms with Crippen LogP contribution >= 0.6 is 0 Å². The fraction of sp³-hybridized carbons (Fsp3) is 0.143. The molecule has 1 aromatic carbocycles. The van der Waals surface area contributed by atoms with E-state index in [0.717, 1.165) is 16.7 Å². The highest BCUT2D eigenvalue weighted by Crippen LogP contribution is 2.32. The lowest BCUT2D eigenvalue weighted by atomic mass is 10.1. The molecule has 0 fully saturated rings. The zero-order valence-corrected chi connectivity index (χ0v) is 11.8. The van der Waals surface area contributed by atoms with Crippen molar-refractivity contribution < 1.29 is 13.2 Å². The van der Waals surface area contributed by atoms with Gasteiger partial charge in [-0.3, -0.25) is 4.57 Å². The zero-order chi connectivity index (χ0) is 16.6. The van der Waals surface area contributed by atoms with E-state index in [1.165, 1.54) is 31.8 Å². The molecule has 6 nitrogen and oxygen atoms in total. The van der Waals surface area contributed by atoms with Crippen LogP contribution < -0.4 is 11.0 Å². The molecule has 23 heavy (non-hydrogen) atoms. The molecular weight excluding hydrogens is 311 g/mol. The fourth-order valence-corrected chi connectivity index (χ4v) is 2.25. The number of halogens is 3. The van der Waals surface area contributed by atoms with E-state index < -0.39 is 17.4 Å². The molecule has 2 heterocycles. The highest BCUT2D eigenvalue weighted by atomic mass is 19.4. The van der Waals surface area contributed by atoms with Crippen molar-refractivity contribution in [3.8, 4) is 5.69 Å². The van der Waals surface area contributed by atoms with Gasteiger partial charge in [0.15, 0.2) is 0 Å². The Morgan fingerprint density at radius 3 is 2.48 bits per heavy atom. The molecular formula is C14H10F3N5O. The second-order valence-corrected chi connectivity index (χ2v) is 4.65. The zero-order valence-electron chi connectivity index (χ0n) is 11.8. The summed E-state index contributed by atoms with van der Waals surface area (Å²) >= 11 is 0. The van der Waals surface area contributed by atoms with Crippen LogP contribution in [0.25, 0.3) is 16.6 Å². The molecule has 0 radical (unpaired) electrons. The molecule has 3 aromatic rings. The van der Waals surface area contributed by atoms with Crippen molar-refractivity contribution in [1.82, 2.24) is 19.5 Å². The maximum Gasteiger partial charge on any atom is 0.416 e. The van der Waals surface area contributed by atoms with Crippen LogP contribution in [0.4, 0.5) is 19.0 Å². The van der Waals surface area contributed by atoms with Crippen LogP contribution in [0.1, 0.15) is 5.56 Å². The second-order valence-electron chi connectivity index (χ2n) is 4.65. The third kappa shape index (κ3) is 2.60. The van der Waals surface area contributed by atoms with Gasteiger partial charge in [0.25, 0.3) is 0 Å². The number of rotatable bonds is 2. The summed E-state index contributed by atoms with van der Waals surface area (Å²) in [6.07, 6.45) is -0.609. The summed E-state index contributed by atoms with van der Waals surface area (Å²) in [5.74, 6) is 0.201. The predicted molar refractivity (Wildman–Crippen MR) is 77.5 cm³/mol. The highest BCUT2D eigenvalue weighted by molar-refractivity contribution is 5.90. The quantitative estimate of drug-likeness (QED) is 0.783. The summed E-state index contributed by atoms with van der Waals surface area (Å²) in [7, 11) is 1.54. The molecule has 1 N–H and O–H groups in total. The first-order valence-electron chi connectivity index (χ1n) is 6.49. The van der Waals surface area contributed by atoms with Crippen LogP contribution in [0.3, 0.4) is 0 Å². The average Bonchev–Trinajstić information content (AvgIpc) is 2.53. The molecule has 0 amide bonds. The Hall–Kier alpha value is -2.97. The van der Waals surface area contributed by atoms with Crippen molar-refractivity contribution in [2.24, 2.45) is 0 Å². The van der Waals surface area contributed by atoms with E-state index in [0.29, 0.717) is 5.39 Å². The van der Waals surface area contributed by atoms with E-state index in [-0.39, 0.29) is 17.0 Å². The van der Waals surface area contributed by atoms with Crippen molar-refractivity contribution >= 4 is 16.7 Å². The number of hydrogen-bond acceptors (Lipinski definition) is 5. The van der Waals surface area contributed by atoms with E-state index in [4.69, 9.17) is 0 Å². The molecule has 0 saturated carbocycles. The minimum Gasteiger partial charge on any atom is -0.372 e. The maximum atomic E-state index is 13.0. The van der Waals surface area contributed by atoms with Gasteiger partial charge in [0.1, 0.15) is 12.1 Å². The molecule has 0 unspecified atom stereocenters. The van der Waals surface area contributed by atoms with E-state index in [2.05, 4.69) is 20.3 Å². The van der Waals surface area contributed by atoms with Gasteiger partial charge in [-0.1, -0.05) is 0 Å². The summed E-state index contributed by atoms with van der Waals surface area (Å²) < 4.78 is 40.0. The maximum absolute atomic E-state index is 13.0. The number of fused-ring (bicyclic) bond motifs is 1. The lowest BCUT2D eigenvalue weighted by Crippen LogP contribution is -2.23. The first-order chi connectivity index (χ1) is 10.9. The number of hydrogen-bond donors (Lipinski definition) is 1. The number of nitrogens with one attached hydrogen (secondary N) is 1. The summed E-state index contributed by atoms with van der Waals surface area (Å²) in [6.45, 7) is 0. The summed E-state index contributed by atoms with van der Waals surface area (Å²) in [5.41, 5.74) is -1.28. The fourth-order valence-electron chi connectivity index (χ4n) is 2.25. The van der Waals surface area contributed by atoms with E-state index >= 15 is 0 Å². The topological polar surface area (TPSA) is 72.7 Å². The normalized spacial score (nSPS) is 11.7. The number of benzene rings is 1. The smallest absolute Gasteiger partial charge is 0.372 e. The summed E-state index contributed by atoms with van der Waals surface area (Å²) in [4.78, 5) is 23.7. The van der Waals surface area contributed by atoms with Gasteiger partial charge >= 0.3 is 11.9 Å². The Bertz CT molecular complexity index is 921. The van der Waals surface area contributed by atoms with E-state index in [1.807, 2.05) is 0 Å². The third-order valence-corrected chi connectivity index (χ3v) is 3.26. The molecule has 0 aliphatic rings. The molecule has 0 saturated heterocycles. The Balaban J connectivity index is 2.43. The minimum atomic E-state index is -4.52. The van der Waals surface area contributed by atoms with Crippen molar-refractivity contribution in [3.63, 3.8) is 0 Å². The van der Waals surface area contributed by atoms with Gasteiger partial charge in [-0.05, 0) is 18.2 Å². The second kappa shape index (κ2) is 5.34. The Morgan fingerprint density at radius 1 is 1.17 bits per heavy atom. The third-order valence-electron chi connectivity index (χ3n) is 3.26. The molecule has 9 heteroatoms. The van der Waals surface area contributed by atoms with Crippen molar-refractivity contribution in [1.29, 1.82) is 0 Å². The first-order valence-corrected chi connectivity index (χ1v) is 6.49. The van der Waals surface area contributed by atoms with Crippen LogP contribution in [0.15, 0.2) is 41.7 Å². The van der Waals surface area contributed by atoms with E-state index in [1.54, 1.807) is 0 Å². The Kier molecular flexibility index (Phi) is 3.47. The van der Waals surface area contributed by atoms with Crippen molar-refractivity contribution in [2.75, 3.05) is 12.4 Å². The van der Waals surface area contributed by atoms with Gasteiger partial charge < -0.3 is 5.32 Å². The standard InChI is InChI=1S/C14H10F3N5O/c1-18-12-10-3-2-8(14(15,16)17)4-11(10)22(13(23)21-12)9-5-19-7-20-6-9/h2-7H,1H3,(H,18,21,23). The highest BCUT2D eigenvalue weighted by Gasteiger charge is 2.31. The molecule has 0 aliphatic carbocycles. The number of alkyl halides is 3. The van der Waals surface area contributed by atoms with E-state index in [9.17, 15) is 18.0 Å². The van der Waals surface area contributed by atoms with Gasteiger partial charge in [-0.15, -0.1) is 0 Å². The number of anilines is 1. The lowest BCUT2D eigenvalue weighted by Gasteiger charge is -2.14. The summed E-state index contributed by atoms with van der Waals surface area (Å²) in [5, 5.41) is 3.09. The predicted octanol–water partition coefficient (Wildman–Crippen LogP) is 2.24. The van der Waals surface area contributed by atoms with Gasteiger partial charge in [0.05, 0.1) is 29.2 Å². The molecule has 0 atom stereocenters. The van der Waals surface area contributed by atoms with Crippen LogP contribution in [-0.2, 0) is 6.18 Å². The van der Waals surface area contributed by atoms with Crippen LogP contribution in [0, 0.1) is 0 Å². The van der Waals surface area contributed by atoms with Gasteiger partial charge in [0, 0.05) is 12.4 Å².